The van der Waals surface area contributed by atoms with Crippen molar-refractivity contribution in [1.82, 2.24) is 9.78 Å². The van der Waals surface area contributed by atoms with E-state index in [0.717, 1.165) is 6.54 Å². The molecule has 1 rings (SSSR count). The Morgan fingerprint density at radius 2 is 2.38 bits per heavy atom. The van der Waals surface area contributed by atoms with Gasteiger partial charge in [0.25, 0.3) is 0 Å². The highest BCUT2D eigenvalue weighted by Gasteiger charge is 2.00. The SMILES string of the molecule is CC(C)Cn1ccc(OCCN)n1. The summed E-state index contributed by atoms with van der Waals surface area (Å²) in [6.45, 7) is 6.28. The summed E-state index contributed by atoms with van der Waals surface area (Å²) in [7, 11) is 0. The molecule has 4 heteroatoms. The van der Waals surface area contributed by atoms with E-state index < -0.39 is 0 Å². The Labute approximate surface area is 78.7 Å². The first kappa shape index (κ1) is 10.1. The molecule has 0 radical (unpaired) electrons. The van der Waals surface area contributed by atoms with Crippen molar-refractivity contribution in [2.45, 2.75) is 20.4 Å². The molecule has 1 aromatic rings. The summed E-state index contributed by atoms with van der Waals surface area (Å²) in [5, 5.41) is 4.23. The maximum absolute atomic E-state index is 5.30. The van der Waals surface area contributed by atoms with Gasteiger partial charge in [-0.25, -0.2) is 0 Å². The van der Waals surface area contributed by atoms with E-state index in [1.807, 2.05) is 16.9 Å². The largest absolute Gasteiger partial charge is 0.475 e. The number of aromatic nitrogens is 2. The topological polar surface area (TPSA) is 53.1 Å². The molecule has 4 nitrogen and oxygen atoms in total. The van der Waals surface area contributed by atoms with Gasteiger partial charge in [0.05, 0.1) is 0 Å². The normalized spacial score (nSPS) is 10.8. The molecular formula is C9H17N3O. The lowest BCUT2D eigenvalue weighted by Gasteiger charge is -2.03. The summed E-state index contributed by atoms with van der Waals surface area (Å²) in [6.07, 6.45) is 1.92. The quantitative estimate of drug-likeness (QED) is 0.737. The van der Waals surface area contributed by atoms with Crippen molar-refractivity contribution in [1.29, 1.82) is 0 Å². The van der Waals surface area contributed by atoms with Crippen LogP contribution in [0.15, 0.2) is 12.3 Å². The minimum Gasteiger partial charge on any atom is -0.475 e. The highest BCUT2D eigenvalue weighted by molar-refractivity contribution is 5.05. The summed E-state index contributed by atoms with van der Waals surface area (Å²) in [4.78, 5) is 0. The minimum absolute atomic E-state index is 0.525. The van der Waals surface area contributed by atoms with Gasteiger partial charge in [-0.3, -0.25) is 4.68 Å². The number of ether oxygens (including phenoxy) is 1. The van der Waals surface area contributed by atoms with Crippen molar-refractivity contribution in [2.75, 3.05) is 13.2 Å². The van der Waals surface area contributed by atoms with Gasteiger partial charge in [-0.1, -0.05) is 13.8 Å². The maximum atomic E-state index is 5.30. The molecule has 0 amide bonds. The highest BCUT2D eigenvalue weighted by Crippen LogP contribution is 2.06. The van der Waals surface area contributed by atoms with E-state index in [2.05, 4.69) is 18.9 Å². The number of rotatable bonds is 5. The van der Waals surface area contributed by atoms with Crippen LogP contribution in [-0.2, 0) is 6.54 Å². The molecule has 0 saturated carbocycles. The summed E-state index contributed by atoms with van der Waals surface area (Å²) in [5.74, 6) is 1.26. The van der Waals surface area contributed by atoms with Crippen LogP contribution in [-0.4, -0.2) is 22.9 Å². The Morgan fingerprint density at radius 1 is 1.62 bits per heavy atom. The lowest BCUT2D eigenvalue weighted by atomic mass is 10.2. The van der Waals surface area contributed by atoms with E-state index in [9.17, 15) is 0 Å². The monoisotopic (exact) mass is 183 g/mol. The predicted octanol–water partition coefficient (Wildman–Crippen LogP) is 0.877. The van der Waals surface area contributed by atoms with E-state index in [4.69, 9.17) is 10.5 Å². The summed E-state index contributed by atoms with van der Waals surface area (Å²) < 4.78 is 7.15. The van der Waals surface area contributed by atoms with Crippen LogP contribution in [0.3, 0.4) is 0 Å². The molecule has 74 valence electrons. The molecule has 0 atom stereocenters. The molecule has 13 heavy (non-hydrogen) atoms. The van der Waals surface area contributed by atoms with Crippen molar-refractivity contribution >= 4 is 0 Å². The van der Waals surface area contributed by atoms with E-state index in [1.165, 1.54) is 0 Å². The van der Waals surface area contributed by atoms with Crippen molar-refractivity contribution in [3.05, 3.63) is 12.3 Å². The van der Waals surface area contributed by atoms with Crippen LogP contribution in [0.2, 0.25) is 0 Å². The molecular weight excluding hydrogens is 166 g/mol. The number of nitrogens with two attached hydrogens (primary N) is 1. The first-order valence-corrected chi connectivity index (χ1v) is 4.58. The number of nitrogens with zero attached hydrogens (tertiary/aromatic N) is 2. The molecule has 0 spiro atoms. The van der Waals surface area contributed by atoms with Crippen LogP contribution < -0.4 is 10.5 Å². The lowest BCUT2D eigenvalue weighted by Crippen LogP contribution is -2.11. The Hall–Kier alpha value is -1.03. The van der Waals surface area contributed by atoms with Gasteiger partial charge in [0.15, 0.2) is 0 Å². The van der Waals surface area contributed by atoms with Crippen molar-refractivity contribution < 1.29 is 4.74 Å². The molecule has 1 aromatic heterocycles. The third-order valence-corrected chi connectivity index (χ3v) is 1.54. The molecule has 0 bridgehead atoms. The average molecular weight is 183 g/mol. The zero-order valence-corrected chi connectivity index (χ0v) is 8.23. The second kappa shape index (κ2) is 4.87. The van der Waals surface area contributed by atoms with Gasteiger partial charge in [0.1, 0.15) is 6.61 Å². The average Bonchev–Trinajstić information content (AvgIpc) is 2.48. The maximum Gasteiger partial charge on any atom is 0.232 e. The molecule has 0 aliphatic heterocycles. The van der Waals surface area contributed by atoms with E-state index in [0.29, 0.717) is 24.9 Å². The molecule has 0 aromatic carbocycles. The van der Waals surface area contributed by atoms with E-state index >= 15 is 0 Å². The van der Waals surface area contributed by atoms with Crippen LogP contribution in [0.1, 0.15) is 13.8 Å². The molecule has 1 heterocycles. The van der Waals surface area contributed by atoms with Crippen LogP contribution >= 0.6 is 0 Å². The number of hydrogen-bond acceptors (Lipinski definition) is 3. The Balaban J connectivity index is 2.44. The smallest absolute Gasteiger partial charge is 0.232 e. The second-order valence-corrected chi connectivity index (χ2v) is 3.41. The Morgan fingerprint density at radius 3 is 3.00 bits per heavy atom. The lowest BCUT2D eigenvalue weighted by molar-refractivity contribution is 0.308. The zero-order chi connectivity index (χ0) is 9.68. The first-order chi connectivity index (χ1) is 6.22. The number of hydrogen-bond donors (Lipinski definition) is 1. The molecule has 0 saturated heterocycles. The summed E-state index contributed by atoms with van der Waals surface area (Å²) in [5.41, 5.74) is 5.30. The Kier molecular flexibility index (Phi) is 3.76. The van der Waals surface area contributed by atoms with Gasteiger partial charge < -0.3 is 10.5 Å². The van der Waals surface area contributed by atoms with Crippen LogP contribution in [0.5, 0.6) is 5.88 Å². The van der Waals surface area contributed by atoms with E-state index in [1.54, 1.807) is 0 Å². The highest BCUT2D eigenvalue weighted by atomic mass is 16.5. The van der Waals surface area contributed by atoms with Crippen LogP contribution in [0, 0.1) is 5.92 Å². The zero-order valence-electron chi connectivity index (χ0n) is 8.23. The van der Waals surface area contributed by atoms with Gasteiger partial charge in [-0.2, -0.15) is 0 Å². The van der Waals surface area contributed by atoms with Gasteiger partial charge in [0.2, 0.25) is 5.88 Å². The van der Waals surface area contributed by atoms with Gasteiger partial charge in [-0.15, -0.1) is 5.10 Å². The minimum atomic E-state index is 0.525. The molecule has 0 aliphatic rings. The molecule has 0 unspecified atom stereocenters. The third-order valence-electron chi connectivity index (χ3n) is 1.54. The Bertz CT molecular complexity index is 245. The van der Waals surface area contributed by atoms with Crippen LogP contribution in [0.4, 0.5) is 0 Å². The fourth-order valence-corrected chi connectivity index (χ4v) is 1.06. The van der Waals surface area contributed by atoms with Crippen molar-refractivity contribution in [2.24, 2.45) is 11.7 Å². The third kappa shape index (κ3) is 3.46. The van der Waals surface area contributed by atoms with Gasteiger partial charge >= 0.3 is 0 Å². The van der Waals surface area contributed by atoms with E-state index in [-0.39, 0.29) is 0 Å². The fourth-order valence-electron chi connectivity index (χ4n) is 1.06. The van der Waals surface area contributed by atoms with Gasteiger partial charge in [-0.05, 0) is 5.92 Å². The standard InChI is InChI=1S/C9H17N3O/c1-8(2)7-12-5-3-9(11-12)13-6-4-10/h3,5,8H,4,6-7,10H2,1-2H3. The van der Waals surface area contributed by atoms with Gasteiger partial charge in [0, 0.05) is 25.4 Å². The summed E-state index contributed by atoms with van der Waals surface area (Å²) >= 11 is 0. The summed E-state index contributed by atoms with van der Waals surface area (Å²) in [6, 6.07) is 1.86. The molecule has 0 fully saturated rings. The predicted molar refractivity (Wildman–Crippen MR) is 51.6 cm³/mol. The van der Waals surface area contributed by atoms with Crippen LogP contribution in [0.25, 0.3) is 0 Å². The second-order valence-electron chi connectivity index (χ2n) is 3.41. The van der Waals surface area contributed by atoms with Crippen molar-refractivity contribution in [3.63, 3.8) is 0 Å². The van der Waals surface area contributed by atoms with Crippen molar-refractivity contribution in [3.8, 4) is 5.88 Å². The molecule has 2 N–H and O–H groups in total. The fraction of sp³-hybridized carbons (Fsp3) is 0.667. The molecule has 0 aliphatic carbocycles. The first-order valence-electron chi connectivity index (χ1n) is 4.58.